The minimum atomic E-state index is -0.562. The highest BCUT2D eigenvalue weighted by molar-refractivity contribution is 7.16. The lowest BCUT2D eigenvalue weighted by molar-refractivity contribution is 0.215. The van der Waals surface area contributed by atoms with Crippen molar-refractivity contribution in [2.24, 2.45) is 0 Å². The number of fused-ring (bicyclic) bond motifs is 1. The van der Waals surface area contributed by atoms with E-state index in [1.165, 1.54) is 16.2 Å². The number of anilines is 1. The smallest absolute Gasteiger partial charge is 0.410 e. The van der Waals surface area contributed by atoms with Gasteiger partial charge in [-0.3, -0.25) is 5.32 Å². The third kappa shape index (κ3) is 2.38. The molecule has 0 saturated carbocycles. The van der Waals surface area contributed by atoms with E-state index in [9.17, 15) is 10.1 Å². The van der Waals surface area contributed by atoms with Gasteiger partial charge in [-0.1, -0.05) is 18.2 Å². The van der Waals surface area contributed by atoms with E-state index < -0.39 is 6.09 Å². The fourth-order valence-electron chi connectivity index (χ4n) is 2.32. The van der Waals surface area contributed by atoms with E-state index in [0.29, 0.717) is 16.3 Å². The Labute approximate surface area is 120 Å². The molecular weight excluding hydrogens is 272 g/mol. The van der Waals surface area contributed by atoms with Gasteiger partial charge in [0.05, 0.1) is 5.56 Å². The summed E-state index contributed by atoms with van der Waals surface area (Å²) >= 11 is 1.48. The summed E-state index contributed by atoms with van der Waals surface area (Å²) in [5.41, 5.74) is 1.68. The summed E-state index contributed by atoms with van der Waals surface area (Å²) in [5, 5.41) is 12.5. The third-order valence-electron chi connectivity index (χ3n) is 3.20. The monoisotopic (exact) mass is 284 g/mol. The maximum atomic E-state index is 11.8. The lowest BCUT2D eigenvalue weighted by Crippen LogP contribution is -2.16. The number of nitrogens with one attached hydrogen (secondary N) is 1. The molecule has 0 atom stereocenters. The number of benzene rings is 1. The second-order valence-corrected chi connectivity index (χ2v) is 5.61. The molecule has 1 aliphatic rings. The van der Waals surface area contributed by atoms with Crippen molar-refractivity contribution in [1.29, 1.82) is 5.26 Å². The van der Waals surface area contributed by atoms with Gasteiger partial charge >= 0.3 is 6.09 Å². The third-order valence-corrected chi connectivity index (χ3v) is 4.41. The van der Waals surface area contributed by atoms with E-state index in [1.54, 1.807) is 24.3 Å². The van der Waals surface area contributed by atoms with Gasteiger partial charge in [0.2, 0.25) is 0 Å². The van der Waals surface area contributed by atoms with Gasteiger partial charge in [0.1, 0.15) is 16.8 Å². The predicted octanol–water partition coefficient (Wildman–Crippen LogP) is 3.72. The van der Waals surface area contributed by atoms with Crippen LogP contribution >= 0.6 is 11.3 Å². The SMILES string of the molecule is N#Cc1c(NC(=O)Oc2ccccc2)sc2c1CCC2. The molecule has 0 bridgehead atoms. The molecule has 3 rings (SSSR count). The summed E-state index contributed by atoms with van der Waals surface area (Å²) in [5.74, 6) is 0.479. The average molecular weight is 284 g/mol. The van der Waals surface area contributed by atoms with Gasteiger partial charge in [0, 0.05) is 4.88 Å². The first kappa shape index (κ1) is 12.7. The summed E-state index contributed by atoms with van der Waals surface area (Å²) in [4.78, 5) is 13.0. The topological polar surface area (TPSA) is 62.1 Å². The van der Waals surface area contributed by atoms with Crippen LogP contribution in [0, 0.1) is 11.3 Å². The van der Waals surface area contributed by atoms with E-state index >= 15 is 0 Å². The second kappa shape index (κ2) is 5.35. The maximum Gasteiger partial charge on any atom is 0.417 e. The Balaban J connectivity index is 1.75. The Bertz CT molecular complexity index is 686. The van der Waals surface area contributed by atoms with Crippen LogP contribution in [0.25, 0.3) is 0 Å². The number of ether oxygens (including phenoxy) is 1. The molecule has 2 aromatic rings. The molecule has 1 amide bonds. The van der Waals surface area contributed by atoms with Crippen molar-refractivity contribution >= 4 is 22.4 Å². The molecular formula is C15H12N2O2S. The van der Waals surface area contributed by atoms with Crippen molar-refractivity contribution in [3.05, 3.63) is 46.3 Å². The number of amides is 1. The van der Waals surface area contributed by atoms with Crippen molar-refractivity contribution < 1.29 is 9.53 Å². The number of rotatable bonds is 2. The van der Waals surface area contributed by atoms with Crippen LogP contribution in [0.15, 0.2) is 30.3 Å². The molecule has 0 saturated heterocycles. The second-order valence-electron chi connectivity index (χ2n) is 4.50. The van der Waals surface area contributed by atoms with Gasteiger partial charge in [0.15, 0.2) is 0 Å². The normalized spacial score (nSPS) is 12.6. The number of para-hydroxylation sites is 1. The van der Waals surface area contributed by atoms with Crippen LogP contribution in [0.1, 0.15) is 22.4 Å². The fraction of sp³-hybridized carbons (Fsp3) is 0.200. The van der Waals surface area contributed by atoms with Crippen LogP contribution in [0.2, 0.25) is 0 Å². The van der Waals surface area contributed by atoms with Crippen LogP contribution in [-0.2, 0) is 12.8 Å². The number of nitrogens with zero attached hydrogens (tertiary/aromatic N) is 1. The Morgan fingerprint density at radius 3 is 2.85 bits per heavy atom. The van der Waals surface area contributed by atoms with Gasteiger partial charge in [-0.2, -0.15) is 5.26 Å². The van der Waals surface area contributed by atoms with Gasteiger partial charge < -0.3 is 4.74 Å². The molecule has 1 aromatic carbocycles. The maximum absolute atomic E-state index is 11.8. The minimum absolute atomic E-state index is 0.479. The fourth-order valence-corrected chi connectivity index (χ4v) is 3.55. The molecule has 1 aromatic heterocycles. The molecule has 1 heterocycles. The van der Waals surface area contributed by atoms with Gasteiger partial charge in [-0.25, -0.2) is 4.79 Å². The Kier molecular flexibility index (Phi) is 3.40. The van der Waals surface area contributed by atoms with Crippen LogP contribution in [0.5, 0.6) is 5.75 Å². The van der Waals surface area contributed by atoms with Crippen LogP contribution < -0.4 is 10.1 Å². The number of aryl methyl sites for hydroxylation is 1. The molecule has 0 fully saturated rings. The highest BCUT2D eigenvalue weighted by Gasteiger charge is 2.23. The summed E-state index contributed by atoms with van der Waals surface area (Å²) < 4.78 is 5.17. The Morgan fingerprint density at radius 1 is 1.30 bits per heavy atom. The first-order chi connectivity index (χ1) is 9.78. The summed E-state index contributed by atoms with van der Waals surface area (Å²) in [6.07, 6.45) is 2.44. The molecule has 0 spiro atoms. The highest BCUT2D eigenvalue weighted by atomic mass is 32.1. The van der Waals surface area contributed by atoms with Crippen molar-refractivity contribution in [3.63, 3.8) is 0 Å². The molecule has 20 heavy (non-hydrogen) atoms. The number of carbonyl (C=O) groups excluding carboxylic acids is 1. The molecule has 1 aliphatic carbocycles. The number of nitriles is 1. The van der Waals surface area contributed by atoms with E-state index in [1.807, 2.05) is 6.07 Å². The predicted molar refractivity (Wildman–Crippen MR) is 77.1 cm³/mol. The van der Waals surface area contributed by atoms with E-state index in [2.05, 4.69) is 11.4 Å². The Hall–Kier alpha value is -2.32. The van der Waals surface area contributed by atoms with Crippen LogP contribution in [0.4, 0.5) is 9.80 Å². The molecule has 4 nitrogen and oxygen atoms in total. The van der Waals surface area contributed by atoms with Gasteiger partial charge in [0.25, 0.3) is 0 Å². The zero-order valence-electron chi connectivity index (χ0n) is 10.7. The van der Waals surface area contributed by atoms with Crippen molar-refractivity contribution in [2.75, 3.05) is 5.32 Å². The van der Waals surface area contributed by atoms with E-state index in [-0.39, 0.29) is 0 Å². The number of thiophene rings is 1. The van der Waals surface area contributed by atoms with Crippen molar-refractivity contribution in [2.45, 2.75) is 19.3 Å². The van der Waals surface area contributed by atoms with Gasteiger partial charge in [-0.15, -0.1) is 11.3 Å². The number of carbonyl (C=O) groups is 1. The summed E-state index contributed by atoms with van der Waals surface area (Å²) in [6, 6.07) is 11.0. The van der Waals surface area contributed by atoms with E-state index in [4.69, 9.17) is 4.74 Å². The quantitative estimate of drug-likeness (QED) is 0.914. The van der Waals surface area contributed by atoms with Crippen LogP contribution in [-0.4, -0.2) is 6.09 Å². The van der Waals surface area contributed by atoms with Crippen LogP contribution in [0.3, 0.4) is 0 Å². The Morgan fingerprint density at radius 2 is 2.10 bits per heavy atom. The standard InChI is InChI=1S/C15H12N2O2S/c16-9-12-11-7-4-8-13(11)20-14(12)17-15(18)19-10-5-2-1-3-6-10/h1-3,5-6H,4,7-8H2,(H,17,18). The largest absolute Gasteiger partial charge is 0.417 e. The van der Waals surface area contributed by atoms with Gasteiger partial charge in [-0.05, 0) is 37.0 Å². The summed E-state index contributed by atoms with van der Waals surface area (Å²) in [6.45, 7) is 0. The van der Waals surface area contributed by atoms with E-state index in [0.717, 1.165) is 24.8 Å². The molecule has 5 heteroatoms. The molecule has 0 unspecified atom stereocenters. The lowest BCUT2D eigenvalue weighted by atomic mass is 10.1. The first-order valence-electron chi connectivity index (χ1n) is 6.36. The summed E-state index contributed by atoms with van der Waals surface area (Å²) in [7, 11) is 0. The zero-order valence-corrected chi connectivity index (χ0v) is 11.5. The number of hydrogen-bond acceptors (Lipinski definition) is 4. The molecule has 1 N–H and O–H groups in total. The number of hydrogen-bond donors (Lipinski definition) is 1. The zero-order chi connectivity index (χ0) is 13.9. The first-order valence-corrected chi connectivity index (χ1v) is 7.18. The van der Waals surface area contributed by atoms with Crippen molar-refractivity contribution in [1.82, 2.24) is 0 Å². The van der Waals surface area contributed by atoms with Crippen molar-refractivity contribution in [3.8, 4) is 11.8 Å². The molecule has 0 aliphatic heterocycles. The molecule has 0 radical (unpaired) electrons. The average Bonchev–Trinajstić information content (AvgIpc) is 3.00. The minimum Gasteiger partial charge on any atom is -0.410 e. The highest BCUT2D eigenvalue weighted by Crippen LogP contribution is 2.38. The lowest BCUT2D eigenvalue weighted by Gasteiger charge is -2.05. The molecule has 100 valence electrons.